The Bertz CT molecular complexity index is 590. The molecule has 1 aromatic heterocycles. The van der Waals surface area contributed by atoms with Gasteiger partial charge in [0.2, 0.25) is 0 Å². The summed E-state index contributed by atoms with van der Waals surface area (Å²) in [7, 11) is 0. The van der Waals surface area contributed by atoms with Crippen LogP contribution >= 0.6 is 0 Å². The molecule has 3 rings (SSSR count). The Hall–Kier alpha value is -1.28. The molecular formula is C15H20N2. The van der Waals surface area contributed by atoms with Crippen molar-refractivity contribution in [2.75, 3.05) is 6.54 Å². The zero-order valence-electron chi connectivity index (χ0n) is 11.1. The fraction of sp³-hybridized carbons (Fsp3) is 0.467. The first-order chi connectivity index (χ1) is 8.00. The predicted molar refractivity (Wildman–Crippen MR) is 72.5 cm³/mol. The van der Waals surface area contributed by atoms with Gasteiger partial charge in [-0.1, -0.05) is 26.0 Å². The number of rotatable bonds is 0. The fourth-order valence-corrected chi connectivity index (χ4v) is 3.03. The lowest BCUT2D eigenvalue weighted by Crippen LogP contribution is -2.38. The highest BCUT2D eigenvalue weighted by Gasteiger charge is 2.30. The molecular weight excluding hydrogens is 208 g/mol. The van der Waals surface area contributed by atoms with Gasteiger partial charge < -0.3 is 10.3 Å². The number of fused-ring (bicyclic) bond motifs is 3. The van der Waals surface area contributed by atoms with E-state index in [1.54, 1.807) is 0 Å². The minimum absolute atomic E-state index is 0.200. The third-order valence-corrected chi connectivity index (χ3v) is 4.02. The van der Waals surface area contributed by atoms with E-state index in [4.69, 9.17) is 0 Å². The van der Waals surface area contributed by atoms with Crippen LogP contribution in [-0.2, 0) is 12.0 Å². The zero-order chi connectivity index (χ0) is 12.2. The molecule has 0 spiro atoms. The van der Waals surface area contributed by atoms with Gasteiger partial charge in [-0.05, 0) is 30.5 Å². The first-order valence-electron chi connectivity index (χ1n) is 6.32. The number of hydrogen-bond donors (Lipinski definition) is 2. The van der Waals surface area contributed by atoms with Crippen molar-refractivity contribution in [1.29, 1.82) is 0 Å². The van der Waals surface area contributed by atoms with Crippen LogP contribution in [0.2, 0.25) is 0 Å². The van der Waals surface area contributed by atoms with E-state index in [1.165, 1.54) is 33.3 Å². The molecule has 0 bridgehead atoms. The normalized spacial score (nSPS) is 18.4. The highest BCUT2D eigenvalue weighted by molar-refractivity contribution is 5.90. The molecule has 17 heavy (non-hydrogen) atoms. The summed E-state index contributed by atoms with van der Waals surface area (Å²) < 4.78 is 0. The number of benzene rings is 1. The van der Waals surface area contributed by atoms with E-state index in [9.17, 15) is 0 Å². The molecule has 0 atom stereocenters. The molecule has 1 aromatic carbocycles. The van der Waals surface area contributed by atoms with Gasteiger partial charge in [-0.2, -0.15) is 0 Å². The van der Waals surface area contributed by atoms with Gasteiger partial charge in [0.1, 0.15) is 0 Å². The molecule has 1 aliphatic rings. The zero-order valence-corrected chi connectivity index (χ0v) is 11.1. The van der Waals surface area contributed by atoms with E-state index in [0.717, 1.165) is 13.1 Å². The van der Waals surface area contributed by atoms with Crippen LogP contribution in [0.5, 0.6) is 0 Å². The van der Waals surface area contributed by atoms with Gasteiger partial charge in [0.05, 0.1) is 0 Å². The van der Waals surface area contributed by atoms with Crippen LogP contribution in [0.3, 0.4) is 0 Å². The second-order valence-electron chi connectivity index (χ2n) is 5.92. The Morgan fingerprint density at radius 1 is 1.12 bits per heavy atom. The SMILES string of the molecule is Cc1ccc(C)c2c3c([nH]c12)C(C)(C)CNC3. The number of H-pyrrole nitrogens is 1. The maximum absolute atomic E-state index is 3.68. The highest BCUT2D eigenvalue weighted by Crippen LogP contribution is 2.36. The summed E-state index contributed by atoms with van der Waals surface area (Å²) in [4.78, 5) is 3.68. The molecule has 2 heterocycles. The summed E-state index contributed by atoms with van der Waals surface area (Å²) in [6.07, 6.45) is 0. The van der Waals surface area contributed by atoms with Gasteiger partial charge >= 0.3 is 0 Å². The number of hydrogen-bond acceptors (Lipinski definition) is 1. The van der Waals surface area contributed by atoms with E-state index < -0.39 is 0 Å². The molecule has 1 aliphatic heterocycles. The summed E-state index contributed by atoms with van der Waals surface area (Å²) >= 11 is 0. The van der Waals surface area contributed by atoms with Crippen molar-refractivity contribution >= 4 is 10.9 Å². The largest absolute Gasteiger partial charge is 0.357 e. The van der Waals surface area contributed by atoms with Crippen LogP contribution in [0.25, 0.3) is 10.9 Å². The molecule has 2 aromatic rings. The molecule has 2 N–H and O–H groups in total. The second-order valence-corrected chi connectivity index (χ2v) is 5.92. The Balaban J connectivity index is 2.42. The predicted octanol–water partition coefficient (Wildman–Crippen LogP) is 3.17. The smallest absolute Gasteiger partial charge is 0.0492 e. The molecule has 0 unspecified atom stereocenters. The third kappa shape index (κ3) is 1.44. The Labute approximate surface area is 102 Å². The van der Waals surface area contributed by atoms with Gasteiger partial charge in [0.25, 0.3) is 0 Å². The van der Waals surface area contributed by atoms with Crippen LogP contribution in [0.1, 0.15) is 36.2 Å². The standard InChI is InChI=1S/C15H20N2/c1-9-5-6-10(2)13-12(9)11-7-16-8-15(3,4)14(11)17-13/h5-6,16-17H,7-8H2,1-4H3. The lowest BCUT2D eigenvalue weighted by atomic mass is 9.83. The summed E-state index contributed by atoms with van der Waals surface area (Å²) in [5.74, 6) is 0. The second kappa shape index (κ2) is 3.36. The van der Waals surface area contributed by atoms with Gasteiger partial charge in [-0.25, -0.2) is 0 Å². The first-order valence-corrected chi connectivity index (χ1v) is 6.32. The van der Waals surface area contributed by atoms with E-state index in [0.29, 0.717) is 0 Å². The van der Waals surface area contributed by atoms with Gasteiger partial charge in [0.15, 0.2) is 0 Å². The van der Waals surface area contributed by atoms with Gasteiger partial charge in [0, 0.05) is 35.1 Å². The number of nitrogens with one attached hydrogen (secondary N) is 2. The number of aromatic amines is 1. The van der Waals surface area contributed by atoms with Crippen molar-refractivity contribution in [1.82, 2.24) is 10.3 Å². The molecule has 0 amide bonds. The Kier molecular flexibility index (Phi) is 2.14. The monoisotopic (exact) mass is 228 g/mol. The number of aryl methyl sites for hydroxylation is 2. The Morgan fingerprint density at radius 3 is 2.59 bits per heavy atom. The minimum atomic E-state index is 0.200. The van der Waals surface area contributed by atoms with E-state index in [-0.39, 0.29) is 5.41 Å². The summed E-state index contributed by atoms with van der Waals surface area (Å²) in [5.41, 5.74) is 7.14. The molecule has 2 heteroatoms. The molecule has 2 nitrogen and oxygen atoms in total. The van der Waals surface area contributed by atoms with Crippen LogP contribution in [0, 0.1) is 13.8 Å². The van der Waals surface area contributed by atoms with Crippen LogP contribution in [0.15, 0.2) is 12.1 Å². The highest BCUT2D eigenvalue weighted by atomic mass is 14.9. The van der Waals surface area contributed by atoms with Crippen molar-refractivity contribution in [2.45, 2.75) is 39.7 Å². The molecule has 0 saturated heterocycles. The van der Waals surface area contributed by atoms with Crippen LogP contribution in [0.4, 0.5) is 0 Å². The van der Waals surface area contributed by atoms with E-state index in [1.807, 2.05) is 0 Å². The van der Waals surface area contributed by atoms with Crippen LogP contribution in [-0.4, -0.2) is 11.5 Å². The summed E-state index contributed by atoms with van der Waals surface area (Å²) in [6.45, 7) is 11.0. The summed E-state index contributed by atoms with van der Waals surface area (Å²) in [6, 6.07) is 4.44. The van der Waals surface area contributed by atoms with Crippen molar-refractivity contribution < 1.29 is 0 Å². The van der Waals surface area contributed by atoms with Crippen molar-refractivity contribution in [3.05, 3.63) is 34.5 Å². The molecule has 0 radical (unpaired) electrons. The van der Waals surface area contributed by atoms with Crippen LogP contribution < -0.4 is 5.32 Å². The number of aromatic nitrogens is 1. The minimum Gasteiger partial charge on any atom is -0.357 e. The first kappa shape index (κ1) is 10.8. The molecule has 0 aliphatic carbocycles. The molecule has 0 fully saturated rings. The maximum atomic E-state index is 3.68. The molecule has 90 valence electrons. The fourth-order valence-electron chi connectivity index (χ4n) is 3.03. The summed E-state index contributed by atoms with van der Waals surface area (Å²) in [5, 5.41) is 4.97. The van der Waals surface area contributed by atoms with E-state index in [2.05, 4.69) is 50.1 Å². The van der Waals surface area contributed by atoms with E-state index >= 15 is 0 Å². The maximum Gasteiger partial charge on any atom is 0.0492 e. The Morgan fingerprint density at radius 2 is 1.82 bits per heavy atom. The lowest BCUT2D eigenvalue weighted by molar-refractivity contribution is 0.427. The van der Waals surface area contributed by atoms with Crippen molar-refractivity contribution in [3.8, 4) is 0 Å². The van der Waals surface area contributed by atoms with Gasteiger partial charge in [-0.15, -0.1) is 0 Å². The average Bonchev–Trinajstić information content (AvgIpc) is 2.65. The third-order valence-electron chi connectivity index (χ3n) is 4.02. The quantitative estimate of drug-likeness (QED) is 0.712. The topological polar surface area (TPSA) is 27.8 Å². The van der Waals surface area contributed by atoms with Crippen molar-refractivity contribution in [3.63, 3.8) is 0 Å². The van der Waals surface area contributed by atoms with Gasteiger partial charge in [-0.3, -0.25) is 0 Å². The molecule has 0 saturated carbocycles. The lowest BCUT2D eigenvalue weighted by Gasteiger charge is -2.30. The average molecular weight is 228 g/mol. The van der Waals surface area contributed by atoms with Crippen molar-refractivity contribution in [2.24, 2.45) is 0 Å².